The highest BCUT2D eigenvalue weighted by Gasteiger charge is 2.43. The second-order valence-electron chi connectivity index (χ2n) is 12.8. The summed E-state index contributed by atoms with van der Waals surface area (Å²) in [6, 6.07) is 54.1. The lowest BCUT2D eigenvalue weighted by Crippen LogP contribution is -2.61. The highest BCUT2D eigenvalue weighted by Crippen LogP contribution is 2.47. The van der Waals surface area contributed by atoms with Gasteiger partial charge >= 0.3 is 0 Å². The van der Waals surface area contributed by atoms with Gasteiger partial charge in [-0.1, -0.05) is 116 Å². The Bertz CT molecular complexity index is 2000. The lowest BCUT2D eigenvalue weighted by Gasteiger charge is -2.45. The van der Waals surface area contributed by atoms with Crippen LogP contribution in [0.15, 0.2) is 146 Å². The number of rotatable bonds is 4. The van der Waals surface area contributed by atoms with Crippen molar-refractivity contribution in [2.75, 3.05) is 9.80 Å². The van der Waals surface area contributed by atoms with E-state index in [9.17, 15) is 0 Å². The van der Waals surface area contributed by atoms with Gasteiger partial charge in [-0.2, -0.15) is 0 Å². The number of para-hydroxylation sites is 3. The summed E-state index contributed by atoms with van der Waals surface area (Å²) in [6.07, 6.45) is 6.52. The standard InChI is InChI=1S/C42H35BN2/c1-5-15-30(16-6-1)32-25-26-37-39(27-32)45(35-21-11-4-12-22-35)41-29-33(31-17-7-2-8-18-31)28-40-42(41)43(37)36-23-13-14-24-38(36)44(40)34-19-9-3-10-20-34/h1,3-6,9-16,19-29,31H,2,7-8,17-18H2. The van der Waals surface area contributed by atoms with Crippen LogP contribution in [0.1, 0.15) is 43.6 Å². The number of benzene rings is 6. The smallest absolute Gasteiger partial charge is 0.252 e. The van der Waals surface area contributed by atoms with Crippen LogP contribution in [0.2, 0.25) is 0 Å². The van der Waals surface area contributed by atoms with E-state index in [-0.39, 0.29) is 6.71 Å². The van der Waals surface area contributed by atoms with E-state index in [0.29, 0.717) is 5.92 Å². The normalized spacial score (nSPS) is 15.3. The molecule has 9 rings (SSSR count). The van der Waals surface area contributed by atoms with Crippen LogP contribution in [0.5, 0.6) is 0 Å². The van der Waals surface area contributed by atoms with Gasteiger partial charge < -0.3 is 9.80 Å². The summed E-state index contributed by atoms with van der Waals surface area (Å²) < 4.78 is 0. The summed E-state index contributed by atoms with van der Waals surface area (Å²) in [5.41, 5.74) is 15.7. The molecule has 2 aliphatic heterocycles. The van der Waals surface area contributed by atoms with Crippen LogP contribution in [-0.2, 0) is 0 Å². The minimum atomic E-state index is 0.145. The van der Waals surface area contributed by atoms with Gasteiger partial charge in [0.25, 0.3) is 6.71 Å². The van der Waals surface area contributed by atoms with Crippen LogP contribution < -0.4 is 26.2 Å². The molecule has 0 bridgehead atoms. The summed E-state index contributed by atoms with van der Waals surface area (Å²) in [5, 5.41) is 0. The van der Waals surface area contributed by atoms with Gasteiger partial charge in [-0.3, -0.25) is 0 Å². The third-order valence-electron chi connectivity index (χ3n) is 10.2. The van der Waals surface area contributed by atoms with Gasteiger partial charge in [0.05, 0.1) is 0 Å². The lowest BCUT2D eigenvalue weighted by atomic mass is 9.33. The van der Waals surface area contributed by atoms with E-state index in [4.69, 9.17) is 0 Å². The van der Waals surface area contributed by atoms with Gasteiger partial charge in [0.15, 0.2) is 0 Å². The van der Waals surface area contributed by atoms with Crippen molar-refractivity contribution in [3.8, 4) is 11.1 Å². The first-order chi connectivity index (χ1) is 22.3. The molecule has 0 N–H and O–H groups in total. The van der Waals surface area contributed by atoms with Crippen LogP contribution in [-0.4, -0.2) is 6.71 Å². The lowest BCUT2D eigenvalue weighted by molar-refractivity contribution is 0.444. The maximum atomic E-state index is 2.56. The van der Waals surface area contributed by atoms with Crippen molar-refractivity contribution in [2.24, 2.45) is 0 Å². The topological polar surface area (TPSA) is 6.48 Å². The maximum Gasteiger partial charge on any atom is 0.252 e. The number of hydrogen-bond acceptors (Lipinski definition) is 2. The first-order valence-electron chi connectivity index (χ1n) is 16.5. The molecule has 0 saturated heterocycles. The Kier molecular flexibility index (Phi) is 6.37. The Labute approximate surface area is 266 Å². The van der Waals surface area contributed by atoms with Crippen molar-refractivity contribution in [2.45, 2.75) is 38.0 Å². The minimum Gasteiger partial charge on any atom is -0.311 e. The highest BCUT2D eigenvalue weighted by molar-refractivity contribution is 7.00. The van der Waals surface area contributed by atoms with Gasteiger partial charge in [-0.25, -0.2) is 0 Å². The molecule has 3 heteroatoms. The van der Waals surface area contributed by atoms with Crippen molar-refractivity contribution in [3.05, 3.63) is 151 Å². The molecule has 0 unspecified atom stereocenters. The minimum absolute atomic E-state index is 0.145. The van der Waals surface area contributed by atoms with Crippen LogP contribution >= 0.6 is 0 Å². The van der Waals surface area contributed by atoms with E-state index >= 15 is 0 Å². The van der Waals surface area contributed by atoms with E-state index in [1.54, 1.807) is 0 Å². The maximum absolute atomic E-state index is 2.56. The predicted octanol–water partition coefficient (Wildman–Crippen LogP) is 9.48. The molecule has 0 aromatic heterocycles. The molecule has 0 spiro atoms. The molecule has 2 heterocycles. The molecular formula is C42H35BN2. The van der Waals surface area contributed by atoms with E-state index in [1.807, 2.05) is 0 Å². The van der Waals surface area contributed by atoms with E-state index in [0.717, 1.165) is 0 Å². The predicted molar refractivity (Wildman–Crippen MR) is 192 cm³/mol. The second-order valence-corrected chi connectivity index (χ2v) is 12.8. The van der Waals surface area contributed by atoms with Crippen molar-refractivity contribution >= 4 is 57.2 Å². The summed E-state index contributed by atoms with van der Waals surface area (Å²) in [7, 11) is 0. The van der Waals surface area contributed by atoms with Gasteiger partial charge in [-0.05, 0) is 100 Å². The Morgan fingerprint density at radius 1 is 0.444 bits per heavy atom. The zero-order valence-electron chi connectivity index (χ0n) is 25.4. The zero-order chi connectivity index (χ0) is 29.7. The fraction of sp³-hybridized carbons (Fsp3) is 0.143. The Balaban J connectivity index is 1.37. The van der Waals surface area contributed by atoms with E-state index in [2.05, 4.69) is 155 Å². The number of nitrogens with zero attached hydrogens (tertiary/aromatic N) is 2. The first-order valence-corrected chi connectivity index (χ1v) is 16.5. The molecule has 6 aromatic carbocycles. The summed E-state index contributed by atoms with van der Waals surface area (Å²) in [5.74, 6) is 0.586. The number of fused-ring (bicyclic) bond motifs is 4. The third-order valence-corrected chi connectivity index (χ3v) is 10.2. The molecule has 45 heavy (non-hydrogen) atoms. The highest BCUT2D eigenvalue weighted by atomic mass is 15.2. The largest absolute Gasteiger partial charge is 0.311 e. The molecule has 1 saturated carbocycles. The molecule has 0 amide bonds. The van der Waals surface area contributed by atoms with Gasteiger partial charge in [-0.15, -0.1) is 0 Å². The molecule has 0 atom stereocenters. The van der Waals surface area contributed by atoms with Gasteiger partial charge in [0.2, 0.25) is 0 Å². The zero-order valence-corrected chi connectivity index (χ0v) is 25.4. The monoisotopic (exact) mass is 578 g/mol. The Hall–Kier alpha value is -5.02. The van der Waals surface area contributed by atoms with Crippen molar-refractivity contribution in [1.82, 2.24) is 0 Å². The molecule has 3 aliphatic rings. The Morgan fingerprint density at radius 2 is 1.00 bits per heavy atom. The van der Waals surface area contributed by atoms with Crippen LogP contribution in [0.3, 0.4) is 0 Å². The van der Waals surface area contributed by atoms with Gasteiger partial charge in [0, 0.05) is 34.1 Å². The summed E-state index contributed by atoms with van der Waals surface area (Å²) >= 11 is 0. The fourth-order valence-electron chi connectivity index (χ4n) is 8.16. The second kappa shape index (κ2) is 10.9. The average Bonchev–Trinajstić information content (AvgIpc) is 3.12. The molecule has 2 nitrogen and oxygen atoms in total. The summed E-state index contributed by atoms with van der Waals surface area (Å²) in [6.45, 7) is 0.145. The molecule has 216 valence electrons. The average molecular weight is 579 g/mol. The van der Waals surface area contributed by atoms with Gasteiger partial charge in [0.1, 0.15) is 0 Å². The SMILES string of the molecule is c1ccc(-c2ccc3c(c2)N(c2ccccc2)c2cc(C4CCCCC4)cc4c2B3c2ccccc2N4c2ccccc2)cc1. The first kappa shape index (κ1) is 26.4. The van der Waals surface area contributed by atoms with Crippen LogP contribution in [0, 0.1) is 0 Å². The van der Waals surface area contributed by atoms with Crippen molar-refractivity contribution in [1.29, 1.82) is 0 Å². The summed E-state index contributed by atoms with van der Waals surface area (Å²) in [4.78, 5) is 5.09. The Morgan fingerprint density at radius 3 is 1.67 bits per heavy atom. The number of anilines is 6. The van der Waals surface area contributed by atoms with Crippen LogP contribution in [0.25, 0.3) is 11.1 Å². The third kappa shape index (κ3) is 4.33. The van der Waals surface area contributed by atoms with E-state index < -0.39 is 0 Å². The molecule has 1 fully saturated rings. The van der Waals surface area contributed by atoms with Crippen molar-refractivity contribution < 1.29 is 0 Å². The van der Waals surface area contributed by atoms with Crippen molar-refractivity contribution in [3.63, 3.8) is 0 Å². The molecule has 6 aromatic rings. The number of hydrogen-bond donors (Lipinski definition) is 0. The molecular weight excluding hydrogens is 543 g/mol. The quantitative estimate of drug-likeness (QED) is 0.192. The van der Waals surface area contributed by atoms with Crippen LogP contribution in [0.4, 0.5) is 34.1 Å². The van der Waals surface area contributed by atoms with E-state index in [1.165, 1.54) is 99.3 Å². The molecule has 0 radical (unpaired) electrons. The fourth-order valence-corrected chi connectivity index (χ4v) is 8.16. The molecule has 1 aliphatic carbocycles.